The van der Waals surface area contributed by atoms with E-state index in [1.54, 1.807) is 11.3 Å². The summed E-state index contributed by atoms with van der Waals surface area (Å²) in [6.07, 6.45) is 0.905. The second kappa shape index (κ2) is 3.83. The number of carbonyl (C=O) groups excluding carboxylic acids is 1. The van der Waals surface area contributed by atoms with Crippen LogP contribution in [0.1, 0.15) is 21.5 Å². The molecule has 0 N–H and O–H groups in total. The van der Waals surface area contributed by atoms with Crippen LogP contribution < -0.4 is 0 Å². The van der Waals surface area contributed by atoms with Gasteiger partial charge in [0.15, 0.2) is 0 Å². The van der Waals surface area contributed by atoms with E-state index in [4.69, 9.17) is 0 Å². The molecule has 3 heteroatoms. The van der Waals surface area contributed by atoms with Gasteiger partial charge in [-0.1, -0.05) is 15.9 Å². The van der Waals surface area contributed by atoms with Gasteiger partial charge in [-0.3, -0.25) is 4.79 Å². The van der Waals surface area contributed by atoms with Crippen LogP contribution in [0.2, 0.25) is 0 Å². The maximum absolute atomic E-state index is 10.7. The minimum Gasteiger partial charge on any atom is -0.298 e. The van der Waals surface area contributed by atoms with Crippen molar-refractivity contribution in [1.82, 2.24) is 0 Å². The summed E-state index contributed by atoms with van der Waals surface area (Å²) in [6.45, 7) is 2.07. The molecule has 1 aromatic carbocycles. The van der Waals surface area contributed by atoms with E-state index in [1.807, 2.05) is 12.1 Å². The summed E-state index contributed by atoms with van der Waals surface area (Å²) in [4.78, 5) is 10.7. The highest BCUT2D eigenvalue weighted by molar-refractivity contribution is 9.08. The number of rotatable bonds is 2. The number of carbonyl (C=O) groups is 1. The quantitative estimate of drug-likeness (QED) is 0.596. The zero-order valence-corrected chi connectivity index (χ0v) is 10.1. The van der Waals surface area contributed by atoms with E-state index < -0.39 is 0 Å². The summed E-state index contributed by atoms with van der Waals surface area (Å²) in [5, 5.41) is 4.13. The Labute approximate surface area is 94.9 Å². The van der Waals surface area contributed by atoms with E-state index in [9.17, 15) is 4.79 Å². The predicted octanol–water partition coefficient (Wildman–Crippen LogP) is 3.92. The third-order valence-electron chi connectivity index (χ3n) is 2.25. The van der Waals surface area contributed by atoms with Gasteiger partial charge in [-0.05, 0) is 40.9 Å². The highest BCUT2D eigenvalue weighted by Gasteiger charge is 2.06. The summed E-state index contributed by atoms with van der Waals surface area (Å²) < 4.78 is 1.28. The Balaban J connectivity index is 2.82. The zero-order valence-electron chi connectivity index (χ0n) is 7.71. The van der Waals surface area contributed by atoms with E-state index in [2.05, 4.69) is 28.2 Å². The fraction of sp³-hybridized carbons (Fsp3) is 0.182. The van der Waals surface area contributed by atoms with Crippen molar-refractivity contribution in [3.05, 3.63) is 34.2 Å². The second-order valence-corrected chi connectivity index (χ2v) is 4.67. The van der Waals surface area contributed by atoms with E-state index in [0.717, 1.165) is 17.2 Å². The Morgan fingerprint density at radius 1 is 1.50 bits per heavy atom. The van der Waals surface area contributed by atoms with Crippen molar-refractivity contribution in [3.8, 4) is 0 Å². The molecule has 0 fully saturated rings. The van der Waals surface area contributed by atoms with Crippen molar-refractivity contribution < 1.29 is 4.79 Å². The molecule has 0 bridgehead atoms. The Kier molecular flexibility index (Phi) is 2.70. The summed E-state index contributed by atoms with van der Waals surface area (Å²) in [6, 6.07) is 3.90. The van der Waals surface area contributed by atoms with Crippen LogP contribution in [0.25, 0.3) is 10.1 Å². The van der Waals surface area contributed by atoms with Crippen molar-refractivity contribution in [2.75, 3.05) is 0 Å². The van der Waals surface area contributed by atoms with Gasteiger partial charge < -0.3 is 0 Å². The molecule has 1 heterocycles. The van der Waals surface area contributed by atoms with E-state index >= 15 is 0 Å². The largest absolute Gasteiger partial charge is 0.298 e. The third kappa shape index (κ3) is 1.51. The monoisotopic (exact) mass is 268 g/mol. The molecule has 0 radical (unpaired) electrons. The Morgan fingerprint density at radius 3 is 2.93 bits per heavy atom. The van der Waals surface area contributed by atoms with Crippen LogP contribution in [-0.4, -0.2) is 6.29 Å². The highest BCUT2D eigenvalue weighted by Crippen LogP contribution is 2.30. The molecular formula is C11H9BrOS. The molecule has 0 aliphatic rings. The van der Waals surface area contributed by atoms with Crippen molar-refractivity contribution in [3.63, 3.8) is 0 Å². The molecule has 1 nitrogen and oxygen atoms in total. The number of aldehydes is 1. The molecule has 72 valence electrons. The topological polar surface area (TPSA) is 17.1 Å². The lowest BCUT2D eigenvalue weighted by Crippen LogP contribution is -1.85. The van der Waals surface area contributed by atoms with Crippen molar-refractivity contribution in [2.24, 2.45) is 0 Å². The molecule has 0 spiro atoms. The van der Waals surface area contributed by atoms with Gasteiger partial charge in [0.25, 0.3) is 0 Å². The molecule has 14 heavy (non-hydrogen) atoms. The summed E-state index contributed by atoms with van der Waals surface area (Å²) in [5.74, 6) is 0. The van der Waals surface area contributed by atoms with Gasteiger partial charge in [-0.25, -0.2) is 0 Å². The van der Waals surface area contributed by atoms with Crippen LogP contribution in [0.4, 0.5) is 0 Å². The lowest BCUT2D eigenvalue weighted by molar-refractivity contribution is 0.112. The molecule has 0 amide bonds. The molecule has 2 rings (SSSR count). The first kappa shape index (κ1) is 9.87. The normalized spacial score (nSPS) is 10.7. The molecule has 2 aromatic rings. The Hall–Kier alpha value is -0.670. The minimum atomic E-state index is 0.758. The van der Waals surface area contributed by atoms with Crippen molar-refractivity contribution in [2.45, 2.75) is 12.3 Å². The summed E-state index contributed by atoms with van der Waals surface area (Å²) in [7, 11) is 0. The van der Waals surface area contributed by atoms with Gasteiger partial charge >= 0.3 is 0 Å². The Morgan fingerprint density at radius 2 is 2.29 bits per heavy atom. The van der Waals surface area contributed by atoms with Crippen molar-refractivity contribution >= 4 is 43.6 Å². The number of benzene rings is 1. The average Bonchev–Trinajstić information content (AvgIpc) is 2.59. The van der Waals surface area contributed by atoms with Gasteiger partial charge in [0.05, 0.1) is 0 Å². The van der Waals surface area contributed by atoms with Crippen LogP contribution in [0.3, 0.4) is 0 Å². The smallest absolute Gasteiger partial charge is 0.150 e. The second-order valence-electron chi connectivity index (χ2n) is 3.23. The van der Waals surface area contributed by atoms with Crippen LogP contribution in [0.5, 0.6) is 0 Å². The fourth-order valence-electron chi connectivity index (χ4n) is 1.52. The summed E-state index contributed by atoms with van der Waals surface area (Å²) >= 11 is 5.18. The number of thiophene rings is 1. The predicted molar refractivity (Wildman–Crippen MR) is 64.6 cm³/mol. The number of hydrogen-bond donors (Lipinski definition) is 0. The third-order valence-corrected chi connectivity index (χ3v) is 4.04. The first-order chi connectivity index (χ1) is 6.76. The van der Waals surface area contributed by atoms with Gasteiger partial charge in [-0.15, -0.1) is 11.3 Å². The van der Waals surface area contributed by atoms with Gasteiger partial charge in [0.1, 0.15) is 6.29 Å². The van der Waals surface area contributed by atoms with E-state index in [0.29, 0.717) is 0 Å². The van der Waals surface area contributed by atoms with E-state index in [1.165, 1.54) is 21.2 Å². The molecule has 0 aliphatic heterocycles. The highest BCUT2D eigenvalue weighted by atomic mass is 79.9. The SMILES string of the molecule is Cc1csc2c(CBr)cc(C=O)cc12. The molecule has 0 aliphatic carbocycles. The molecular weight excluding hydrogens is 260 g/mol. The number of fused-ring (bicyclic) bond motifs is 1. The number of halogens is 1. The zero-order chi connectivity index (χ0) is 10.1. The lowest BCUT2D eigenvalue weighted by Gasteiger charge is -2.00. The molecule has 0 unspecified atom stereocenters. The van der Waals surface area contributed by atoms with Crippen LogP contribution in [0.15, 0.2) is 17.5 Å². The van der Waals surface area contributed by atoms with Gasteiger partial charge in [-0.2, -0.15) is 0 Å². The van der Waals surface area contributed by atoms with Crippen LogP contribution in [-0.2, 0) is 5.33 Å². The number of alkyl halides is 1. The van der Waals surface area contributed by atoms with Gasteiger partial charge in [0, 0.05) is 15.6 Å². The molecule has 1 aromatic heterocycles. The van der Waals surface area contributed by atoms with E-state index in [-0.39, 0.29) is 0 Å². The molecule has 0 atom stereocenters. The summed E-state index contributed by atoms with van der Waals surface area (Å²) in [5.41, 5.74) is 3.20. The maximum Gasteiger partial charge on any atom is 0.150 e. The lowest BCUT2D eigenvalue weighted by atomic mass is 10.1. The first-order valence-electron chi connectivity index (χ1n) is 4.28. The number of aryl methyl sites for hydroxylation is 1. The first-order valence-corrected chi connectivity index (χ1v) is 6.28. The molecule has 0 saturated heterocycles. The average molecular weight is 269 g/mol. The number of hydrogen-bond acceptors (Lipinski definition) is 2. The van der Waals surface area contributed by atoms with Crippen molar-refractivity contribution in [1.29, 1.82) is 0 Å². The minimum absolute atomic E-state index is 0.758. The Bertz CT molecular complexity index is 487. The van der Waals surface area contributed by atoms with Crippen LogP contribution in [0, 0.1) is 6.92 Å². The standard InChI is InChI=1S/C11H9BrOS/c1-7-6-14-11-9(4-12)2-8(5-13)3-10(7)11/h2-3,5-6H,4H2,1H3. The maximum atomic E-state index is 10.7. The van der Waals surface area contributed by atoms with Crippen LogP contribution >= 0.6 is 27.3 Å². The fourth-order valence-corrected chi connectivity index (χ4v) is 3.20. The molecule has 0 saturated carbocycles. The van der Waals surface area contributed by atoms with Gasteiger partial charge in [0.2, 0.25) is 0 Å².